The van der Waals surface area contributed by atoms with Crippen LogP contribution in [-0.2, 0) is 20.9 Å². The SMILES string of the molecule is CCOC(=O)C1=C(C)NC(=O)N[C@@H]1c1ccc(OCC(=O)N/N=C/c2ccc(OCc3ccc(C#N)cc3)c(OC)c2)c(OC)c1. The molecule has 0 saturated carbocycles. The van der Waals surface area contributed by atoms with Crippen LogP contribution in [0.2, 0.25) is 0 Å². The molecule has 238 valence electrons. The highest BCUT2D eigenvalue weighted by Crippen LogP contribution is 2.34. The predicted molar refractivity (Wildman–Crippen MR) is 166 cm³/mol. The van der Waals surface area contributed by atoms with E-state index in [4.69, 9.17) is 28.9 Å². The summed E-state index contributed by atoms with van der Waals surface area (Å²) in [6.45, 7) is 3.42. The number of ether oxygens (including phenoxy) is 5. The fourth-order valence-corrected chi connectivity index (χ4v) is 4.48. The minimum absolute atomic E-state index is 0.177. The number of urea groups is 1. The van der Waals surface area contributed by atoms with E-state index >= 15 is 0 Å². The molecule has 13 nitrogen and oxygen atoms in total. The summed E-state index contributed by atoms with van der Waals surface area (Å²) in [4.78, 5) is 37.2. The lowest BCUT2D eigenvalue weighted by Crippen LogP contribution is -2.45. The van der Waals surface area contributed by atoms with Crippen LogP contribution in [0, 0.1) is 11.3 Å². The maximum atomic E-state index is 12.6. The van der Waals surface area contributed by atoms with Crippen molar-refractivity contribution in [3.63, 3.8) is 0 Å². The largest absolute Gasteiger partial charge is 0.493 e. The number of carbonyl (C=O) groups excluding carboxylic acids is 3. The van der Waals surface area contributed by atoms with Crippen LogP contribution in [-0.4, -0.2) is 51.6 Å². The van der Waals surface area contributed by atoms with Gasteiger partial charge >= 0.3 is 12.0 Å². The van der Waals surface area contributed by atoms with Gasteiger partial charge in [-0.05, 0) is 73.0 Å². The molecule has 0 bridgehead atoms. The molecule has 4 rings (SSSR count). The molecular formula is C33H33N5O8. The zero-order chi connectivity index (χ0) is 33.1. The van der Waals surface area contributed by atoms with Crippen LogP contribution in [0.4, 0.5) is 4.79 Å². The summed E-state index contributed by atoms with van der Waals surface area (Å²) in [6.07, 6.45) is 1.45. The number of hydrogen-bond acceptors (Lipinski definition) is 10. The van der Waals surface area contributed by atoms with Crippen molar-refractivity contribution in [3.05, 3.63) is 94.2 Å². The fourth-order valence-electron chi connectivity index (χ4n) is 4.48. The molecule has 0 aliphatic carbocycles. The van der Waals surface area contributed by atoms with Crippen LogP contribution in [0.3, 0.4) is 0 Å². The number of nitriles is 1. The summed E-state index contributed by atoms with van der Waals surface area (Å²) in [5.74, 6) is 0.474. The molecule has 46 heavy (non-hydrogen) atoms. The van der Waals surface area contributed by atoms with E-state index in [1.54, 1.807) is 62.4 Å². The minimum Gasteiger partial charge on any atom is -0.493 e. The van der Waals surface area contributed by atoms with Crippen molar-refractivity contribution < 1.29 is 38.1 Å². The van der Waals surface area contributed by atoms with Gasteiger partial charge in [0.15, 0.2) is 29.6 Å². The first-order chi connectivity index (χ1) is 22.3. The van der Waals surface area contributed by atoms with Crippen molar-refractivity contribution >= 4 is 24.1 Å². The molecule has 1 aliphatic rings. The third-order valence-corrected chi connectivity index (χ3v) is 6.71. The van der Waals surface area contributed by atoms with Gasteiger partial charge in [-0.15, -0.1) is 0 Å². The van der Waals surface area contributed by atoms with Crippen molar-refractivity contribution in [2.24, 2.45) is 5.10 Å². The molecule has 3 amide bonds. The first kappa shape index (κ1) is 32.9. The Hall–Kier alpha value is -6.03. The van der Waals surface area contributed by atoms with Crippen molar-refractivity contribution in [1.82, 2.24) is 16.1 Å². The lowest BCUT2D eigenvalue weighted by molar-refractivity contribution is -0.139. The van der Waals surface area contributed by atoms with Gasteiger partial charge in [0.25, 0.3) is 5.91 Å². The summed E-state index contributed by atoms with van der Waals surface area (Å²) in [5.41, 5.74) is 5.72. The predicted octanol–water partition coefficient (Wildman–Crippen LogP) is 3.87. The topological polar surface area (TPSA) is 170 Å². The second-order valence-electron chi connectivity index (χ2n) is 9.79. The second kappa shape index (κ2) is 15.6. The number of hydrogen-bond donors (Lipinski definition) is 3. The van der Waals surface area contributed by atoms with Gasteiger partial charge in [-0.2, -0.15) is 10.4 Å². The normalized spacial score (nSPS) is 14.1. The molecule has 3 N–H and O–H groups in total. The number of allylic oxidation sites excluding steroid dienone is 1. The number of nitrogens with zero attached hydrogens (tertiary/aromatic N) is 2. The van der Waals surface area contributed by atoms with E-state index in [-0.39, 0.29) is 30.3 Å². The van der Waals surface area contributed by atoms with E-state index in [2.05, 4.69) is 27.2 Å². The van der Waals surface area contributed by atoms with Crippen molar-refractivity contribution in [2.45, 2.75) is 26.5 Å². The summed E-state index contributed by atoms with van der Waals surface area (Å²) >= 11 is 0. The van der Waals surface area contributed by atoms with Gasteiger partial charge in [-0.3, -0.25) is 4.79 Å². The van der Waals surface area contributed by atoms with E-state index in [0.717, 1.165) is 5.56 Å². The van der Waals surface area contributed by atoms with Crippen LogP contribution in [0.1, 0.15) is 42.1 Å². The highest BCUT2D eigenvalue weighted by atomic mass is 16.5. The maximum Gasteiger partial charge on any atom is 0.338 e. The standard InChI is InChI=1S/C33H33N5O8/c1-5-44-32(40)30-20(2)36-33(41)37-31(30)24-11-13-26(28(15-24)43-4)46-19-29(39)38-35-17-23-10-12-25(27(14-23)42-3)45-18-22-8-6-21(16-34)7-9-22/h6-15,17,31H,5,18-19H2,1-4H3,(H,38,39)(H2,36,37,41)/b35-17+/t31-/m1/s1. The maximum absolute atomic E-state index is 12.6. The lowest BCUT2D eigenvalue weighted by Gasteiger charge is -2.28. The Kier molecular flexibility index (Phi) is 11.2. The first-order valence-electron chi connectivity index (χ1n) is 14.1. The van der Waals surface area contributed by atoms with Crippen molar-refractivity contribution in [2.75, 3.05) is 27.4 Å². The van der Waals surface area contributed by atoms with Crippen LogP contribution >= 0.6 is 0 Å². The number of methoxy groups -OCH3 is 2. The van der Waals surface area contributed by atoms with Crippen molar-refractivity contribution in [1.29, 1.82) is 5.26 Å². The highest BCUT2D eigenvalue weighted by Gasteiger charge is 2.32. The van der Waals surface area contributed by atoms with E-state index in [0.29, 0.717) is 40.5 Å². The molecule has 13 heteroatoms. The van der Waals surface area contributed by atoms with Gasteiger partial charge in [0.05, 0.1) is 50.3 Å². The van der Waals surface area contributed by atoms with E-state index < -0.39 is 23.9 Å². The molecule has 1 atom stereocenters. The Bertz CT molecular complexity index is 1700. The van der Waals surface area contributed by atoms with Gasteiger partial charge in [0.2, 0.25) is 0 Å². The van der Waals surface area contributed by atoms with Crippen LogP contribution in [0.5, 0.6) is 23.0 Å². The molecule has 1 aliphatic heterocycles. The molecule has 0 spiro atoms. The zero-order valence-corrected chi connectivity index (χ0v) is 25.7. The molecule has 0 unspecified atom stereocenters. The Morgan fingerprint density at radius 1 is 0.978 bits per heavy atom. The molecule has 0 fully saturated rings. The van der Waals surface area contributed by atoms with Crippen molar-refractivity contribution in [3.8, 4) is 29.1 Å². The lowest BCUT2D eigenvalue weighted by atomic mass is 9.95. The fraction of sp³-hybridized carbons (Fsp3) is 0.242. The number of rotatable bonds is 13. The Morgan fingerprint density at radius 2 is 1.67 bits per heavy atom. The Labute approximate surface area is 265 Å². The van der Waals surface area contributed by atoms with E-state index in [9.17, 15) is 14.4 Å². The number of benzene rings is 3. The molecule has 0 radical (unpaired) electrons. The van der Waals surface area contributed by atoms with Crippen LogP contribution < -0.4 is 35.0 Å². The summed E-state index contributed by atoms with van der Waals surface area (Å²) in [6, 6.07) is 18.0. The summed E-state index contributed by atoms with van der Waals surface area (Å²) in [5, 5.41) is 18.2. The van der Waals surface area contributed by atoms with Gasteiger partial charge in [0.1, 0.15) is 6.61 Å². The quantitative estimate of drug-likeness (QED) is 0.145. The van der Waals surface area contributed by atoms with Gasteiger partial charge in [-0.25, -0.2) is 15.0 Å². The molecule has 1 heterocycles. The Balaban J connectivity index is 1.34. The number of hydrazone groups is 1. The minimum atomic E-state index is -0.782. The van der Waals surface area contributed by atoms with Crippen LogP contribution in [0.15, 0.2) is 77.0 Å². The smallest absolute Gasteiger partial charge is 0.338 e. The second-order valence-corrected chi connectivity index (χ2v) is 9.79. The van der Waals surface area contributed by atoms with Crippen LogP contribution in [0.25, 0.3) is 0 Å². The highest BCUT2D eigenvalue weighted by molar-refractivity contribution is 5.95. The molecule has 0 saturated heterocycles. The number of esters is 1. The number of nitrogens with one attached hydrogen (secondary N) is 3. The van der Waals surface area contributed by atoms with Gasteiger partial charge < -0.3 is 34.3 Å². The van der Waals surface area contributed by atoms with Gasteiger partial charge in [-0.1, -0.05) is 18.2 Å². The third kappa shape index (κ3) is 8.32. The average Bonchev–Trinajstić information content (AvgIpc) is 3.06. The molecular weight excluding hydrogens is 594 g/mol. The third-order valence-electron chi connectivity index (χ3n) is 6.71. The first-order valence-corrected chi connectivity index (χ1v) is 14.1. The molecule has 0 aromatic heterocycles. The van der Waals surface area contributed by atoms with E-state index in [1.165, 1.54) is 20.4 Å². The molecule has 3 aromatic carbocycles. The Morgan fingerprint density at radius 3 is 2.37 bits per heavy atom. The van der Waals surface area contributed by atoms with E-state index in [1.807, 2.05) is 12.1 Å². The average molecular weight is 628 g/mol. The number of carbonyl (C=O) groups is 3. The number of amides is 3. The molecule has 3 aromatic rings. The monoisotopic (exact) mass is 627 g/mol. The van der Waals surface area contributed by atoms with Gasteiger partial charge in [0, 0.05) is 5.70 Å². The summed E-state index contributed by atoms with van der Waals surface area (Å²) < 4.78 is 27.6. The summed E-state index contributed by atoms with van der Waals surface area (Å²) in [7, 11) is 2.95. The zero-order valence-electron chi connectivity index (χ0n) is 25.7.